The predicted molar refractivity (Wildman–Crippen MR) is 74.2 cm³/mol. The Morgan fingerprint density at radius 2 is 2.17 bits per heavy atom. The third-order valence-electron chi connectivity index (χ3n) is 2.73. The summed E-state index contributed by atoms with van der Waals surface area (Å²) in [5.74, 6) is 5.18. The van der Waals surface area contributed by atoms with Crippen molar-refractivity contribution >= 4 is 22.9 Å². The highest BCUT2D eigenvalue weighted by atomic mass is 35.5. The van der Waals surface area contributed by atoms with Crippen molar-refractivity contribution in [2.45, 2.75) is 19.4 Å². The predicted octanol–water partition coefficient (Wildman–Crippen LogP) is 3.60. The molecule has 0 fully saturated rings. The molecule has 0 bridgehead atoms. The van der Waals surface area contributed by atoms with Crippen LogP contribution in [0.1, 0.15) is 21.4 Å². The molecule has 5 heteroatoms. The number of thiophene rings is 1. The average Bonchev–Trinajstić information content (AvgIpc) is 2.77. The zero-order valence-electron chi connectivity index (χ0n) is 9.91. The topological polar surface area (TPSA) is 38.0 Å². The van der Waals surface area contributed by atoms with Crippen LogP contribution in [-0.4, -0.2) is 0 Å². The first-order chi connectivity index (χ1) is 8.60. The standard InChI is InChI=1S/C13H14ClFN2S/c1-8-2-5-13(18-8)12(17-16)7-9-3-4-11(15)10(14)6-9/h2-6,12,17H,7,16H2,1H3. The highest BCUT2D eigenvalue weighted by Crippen LogP contribution is 2.26. The molecule has 1 aromatic heterocycles. The summed E-state index contributed by atoms with van der Waals surface area (Å²) in [5, 5.41) is 0.144. The molecular weight excluding hydrogens is 271 g/mol. The lowest BCUT2D eigenvalue weighted by molar-refractivity contribution is 0.559. The Bertz CT molecular complexity index is 542. The maximum atomic E-state index is 13.1. The van der Waals surface area contributed by atoms with Gasteiger partial charge < -0.3 is 0 Å². The number of halogens is 2. The first-order valence-corrected chi connectivity index (χ1v) is 6.76. The number of rotatable bonds is 4. The molecule has 0 saturated heterocycles. The minimum atomic E-state index is -0.398. The molecule has 18 heavy (non-hydrogen) atoms. The second-order valence-corrected chi connectivity index (χ2v) is 5.85. The Balaban J connectivity index is 2.17. The molecule has 0 aliphatic heterocycles. The number of aryl methyl sites for hydroxylation is 1. The van der Waals surface area contributed by atoms with E-state index in [2.05, 4.69) is 24.5 Å². The summed E-state index contributed by atoms with van der Waals surface area (Å²) in [4.78, 5) is 2.40. The Kier molecular flexibility index (Phi) is 4.35. The summed E-state index contributed by atoms with van der Waals surface area (Å²) in [6.07, 6.45) is 0.677. The van der Waals surface area contributed by atoms with E-state index in [4.69, 9.17) is 17.4 Å². The quantitative estimate of drug-likeness (QED) is 0.665. The van der Waals surface area contributed by atoms with Crippen LogP contribution in [0, 0.1) is 12.7 Å². The van der Waals surface area contributed by atoms with Crippen LogP contribution in [0.2, 0.25) is 5.02 Å². The Morgan fingerprint density at radius 3 is 2.72 bits per heavy atom. The minimum absolute atomic E-state index is 0.0187. The Hall–Kier alpha value is -0.940. The van der Waals surface area contributed by atoms with Crippen molar-refractivity contribution < 1.29 is 4.39 Å². The van der Waals surface area contributed by atoms with Crippen molar-refractivity contribution in [2.24, 2.45) is 5.84 Å². The Morgan fingerprint density at radius 1 is 1.39 bits per heavy atom. The maximum Gasteiger partial charge on any atom is 0.141 e. The fraction of sp³-hybridized carbons (Fsp3) is 0.231. The van der Waals surface area contributed by atoms with Crippen molar-refractivity contribution in [1.29, 1.82) is 0 Å². The molecule has 3 N–H and O–H groups in total. The number of nitrogens with one attached hydrogen (secondary N) is 1. The fourth-order valence-electron chi connectivity index (χ4n) is 1.78. The summed E-state index contributed by atoms with van der Waals surface area (Å²) in [5.41, 5.74) is 3.74. The van der Waals surface area contributed by atoms with Gasteiger partial charge in [0.15, 0.2) is 0 Å². The second-order valence-electron chi connectivity index (χ2n) is 4.12. The van der Waals surface area contributed by atoms with E-state index >= 15 is 0 Å². The third kappa shape index (κ3) is 3.09. The molecule has 2 aromatic rings. The zero-order valence-corrected chi connectivity index (χ0v) is 11.5. The number of nitrogens with two attached hydrogens (primary N) is 1. The van der Waals surface area contributed by atoms with Crippen LogP contribution in [0.5, 0.6) is 0 Å². The van der Waals surface area contributed by atoms with Gasteiger partial charge in [0.05, 0.1) is 11.1 Å². The van der Waals surface area contributed by atoms with Crippen LogP contribution in [0.15, 0.2) is 30.3 Å². The van der Waals surface area contributed by atoms with E-state index in [1.54, 1.807) is 23.5 Å². The molecule has 0 spiro atoms. The van der Waals surface area contributed by atoms with Crippen LogP contribution >= 0.6 is 22.9 Å². The van der Waals surface area contributed by atoms with Crippen LogP contribution in [0.25, 0.3) is 0 Å². The number of hydrogen-bond acceptors (Lipinski definition) is 3. The number of hydrogen-bond donors (Lipinski definition) is 2. The van der Waals surface area contributed by atoms with Gasteiger partial charge in [-0.1, -0.05) is 17.7 Å². The van der Waals surface area contributed by atoms with Gasteiger partial charge in [-0.05, 0) is 43.2 Å². The number of hydrazine groups is 1. The monoisotopic (exact) mass is 284 g/mol. The molecule has 2 rings (SSSR count). The molecular formula is C13H14ClFN2S. The molecule has 0 aliphatic carbocycles. The number of benzene rings is 1. The van der Waals surface area contributed by atoms with Crippen molar-refractivity contribution in [2.75, 3.05) is 0 Å². The molecule has 1 heterocycles. The molecule has 1 unspecified atom stereocenters. The first kappa shape index (κ1) is 13.5. The largest absolute Gasteiger partial charge is 0.271 e. The van der Waals surface area contributed by atoms with E-state index in [1.165, 1.54) is 10.9 Å². The summed E-state index contributed by atoms with van der Waals surface area (Å²) >= 11 is 7.46. The average molecular weight is 285 g/mol. The van der Waals surface area contributed by atoms with Gasteiger partial charge >= 0.3 is 0 Å². The van der Waals surface area contributed by atoms with E-state index in [-0.39, 0.29) is 11.1 Å². The van der Waals surface area contributed by atoms with Crippen molar-refractivity contribution in [3.8, 4) is 0 Å². The van der Waals surface area contributed by atoms with Gasteiger partial charge in [0, 0.05) is 9.75 Å². The van der Waals surface area contributed by atoms with Gasteiger partial charge in [0.25, 0.3) is 0 Å². The van der Waals surface area contributed by atoms with Gasteiger partial charge in [-0.15, -0.1) is 11.3 Å². The van der Waals surface area contributed by atoms with Gasteiger partial charge in [-0.25, -0.2) is 4.39 Å². The molecule has 2 nitrogen and oxygen atoms in total. The molecule has 1 atom stereocenters. The highest BCUT2D eigenvalue weighted by molar-refractivity contribution is 7.12. The first-order valence-electron chi connectivity index (χ1n) is 5.56. The van der Waals surface area contributed by atoms with Crippen LogP contribution < -0.4 is 11.3 Å². The lowest BCUT2D eigenvalue weighted by atomic mass is 10.1. The SMILES string of the molecule is Cc1ccc(C(Cc2ccc(F)c(Cl)c2)NN)s1. The van der Waals surface area contributed by atoms with Gasteiger partial charge in [0.1, 0.15) is 5.82 Å². The van der Waals surface area contributed by atoms with Crippen LogP contribution in [0.3, 0.4) is 0 Å². The summed E-state index contributed by atoms with van der Waals surface area (Å²) in [7, 11) is 0. The summed E-state index contributed by atoms with van der Waals surface area (Å²) in [6, 6.07) is 8.88. The lowest BCUT2D eigenvalue weighted by Gasteiger charge is -2.14. The fourth-order valence-corrected chi connectivity index (χ4v) is 2.93. The smallest absolute Gasteiger partial charge is 0.141 e. The zero-order chi connectivity index (χ0) is 13.1. The van der Waals surface area contributed by atoms with E-state index < -0.39 is 5.82 Å². The van der Waals surface area contributed by atoms with Crippen LogP contribution in [0.4, 0.5) is 4.39 Å². The van der Waals surface area contributed by atoms with E-state index in [0.29, 0.717) is 6.42 Å². The van der Waals surface area contributed by atoms with Gasteiger partial charge in [-0.2, -0.15) is 0 Å². The molecule has 0 radical (unpaired) electrons. The third-order valence-corrected chi connectivity index (χ3v) is 4.13. The molecule has 0 aliphatic rings. The minimum Gasteiger partial charge on any atom is -0.271 e. The maximum absolute atomic E-state index is 13.1. The molecule has 96 valence electrons. The highest BCUT2D eigenvalue weighted by Gasteiger charge is 2.13. The van der Waals surface area contributed by atoms with E-state index in [0.717, 1.165) is 10.4 Å². The summed E-state index contributed by atoms with van der Waals surface area (Å²) in [6.45, 7) is 2.05. The van der Waals surface area contributed by atoms with Gasteiger partial charge in [0.2, 0.25) is 0 Å². The van der Waals surface area contributed by atoms with Gasteiger partial charge in [-0.3, -0.25) is 11.3 Å². The van der Waals surface area contributed by atoms with Crippen molar-refractivity contribution in [1.82, 2.24) is 5.43 Å². The van der Waals surface area contributed by atoms with E-state index in [1.807, 2.05) is 0 Å². The normalized spacial score (nSPS) is 12.7. The van der Waals surface area contributed by atoms with E-state index in [9.17, 15) is 4.39 Å². The molecule has 1 aromatic carbocycles. The molecule has 0 saturated carbocycles. The summed E-state index contributed by atoms with van der Waals surface area (Å²) < 4.78 is 13.1. The van der Waals surface area contributed by atoms with Crippen LogP contribution in [-0.2, 0) is 6.42 Å². The van der Waals surface area contributed by atoms with Crippen molar-refractivity contribution in [3.05, 3.63) is 56.5 Å². The lowest BCUT2D eigenvalue weighted by Crippen LogP contribution is -2.28. The Labute approximate surface area is 115 Å². The molecule has 0 amide bonds. The van der Waals surface area contributed by atoms with Crippen molar-refractivity contribution in [3.63, 3.8) is 0 Å². The second kappa shape index (κ2) is 5.80.